The van der Waals surface area contributed by atoms with Gasteiger partial charge in [0.05, 0.1) is 34.1 Å². The molecule has 0 saturated heterocycles. The molecule has 0 aliphatic heterocycles. The van der Waals surface area contributed by atoms with Gasteiger partial charge in [0.15, 0.2) is 0 Å². The third-order valence-corrected chi connectivity index (χ3v) is 6.95. The summed E-state index contributed by atoms with van der Waals surface area (Å²) in [5, 5.41) is 10.3. The Morgan fingerprint density at radius 2 is 2.10 bits per heavy atom. The van der Waals surface area contributed by atoms with Gasteiger partial charge in [0.1, 0.15) is 22.7 Å². The maximum Gasteiger partial charge on any atom is 0.262 e. The van der Waals surface area contributed by atoms with Gasteiger partial charge in [0.25, 0.3) is 5.91 Å². The molecule has 0 aliphatic rings. The first kappa shape index (κ1) is 21.2. The zero-order valence-electron chi connectivity index (χ0n) is 17.7. The Morgan fingerprint density at radius 1 is 1.26 bits per heavy atom. The molecule has 3 aromatic heterocycles. The van der Waals surface area contributed by atoms with Crippen LogP contribution >= 0.6 is 22.7 Å². The van der Waals surface area contributed by atoms with Gasteiger partial charge in [-0.2, -0.15) is 0 Å². The molecule has 0 saturated carbocycles. The molecule has 1 amide bonds. The number of anilines is 1. The summed E-state index contributed by atoms with van der Waals surface area (Å²) < 4.78 is 5.29. The highest BCUT2D eigenvalue weighted by molar-refractivity contribution is 7.20. The van der Waals surface area contributed by atoms with Crippen molar-refractivity contribution in [3.63, 3.8) is 0 Å². The number of thiophene rings is 1. The van der Waals surface area contributed by atoms with E-state index in [1.807, 2.05) is 50.4 Å². The monoisotopic (exact) mass is 453 g/mol. The molecule has 31 heavy (non-hydrogen) atoms. The number of hydrogen-bond acceptors (Lipinski definition) is 8. The van der Waals surface area contributed by atoms with Crippen molar-refractivity contribution in [2.75, 3.05) is 12.4 Å². The van der Waals surface area contributed by atoms with Crippen molar-refractivity contribution < 1.29 is 9.53 Å². The smallest absolute Gasteiger partial charge is 0.262 e. The lowest BCUT2D eigenvalue weighted by Gasteiger charge is -2.11. The number of carbonyl (C=O) groups excluding carboxylic acids is 1. The molecule has 1 atom stereocenters. The molecule has 160 valence electrons. The topological polar surface area (TPSA) is 89.0 Å². The molecule has 2 N–H and O–H groups in total. The number of methoxy groups -OCH3 is 1. The highest BCUT2D eigenvalue weighted by Gasteiger charge is 2.21. The Balaban J connectivity index is 1.56. The zero-order chi connectivity index (χ0) is 22.0. The second kappa shape index (κ2) is 8.99. The number of ether oxygens (including phenoxy) is 1. The molecule has 0 radical (unpaired) electrons. The van der Waals surface area contributed by atoms with E-state index in [4.69, 9.17) is 4.74 Å². The molecular formula is C22H23N5O2S2. The van der Waals surface area contributed by atoms with Crippen LogP contribution in [0.3, 0.4) is 0 Å². The molecule has 3 heterocycles. The molecule has 0 fully saturated rings. The van der Waals surface area contributed by atoms with Crippen molar-refractivity contribution in [2.24, 2.45) is 0 Å². The van der Waals surface area contributed by atoms with Crippen LogP contribution in [0.15, 0.2) is 36.0 Å². The second-order valence-corrected chi connectivity index (χ2v) is 9.21. The summed E-state index contributed by atoms with van der Waals surface area (Å²) in [6, 6.07) is 7.70. The average molecular weight is 454 g/mol. The molecule has 1 unspecified atom stereocenters. The van der Waals surface area contributed by atoms with E-state index >= 15 is 0 Å². The number of thiazole rings is 1. The predicted molar refractivity (Wildman–Crippen MR) is 125 cm³/mol. The highest BCUT2D eigenvalue weighted by Crippen LogP contribution is 2.34. The number of nitrogens with zero attached hydrogens (tertiary/aromatic N) is 3. The fourth-order valence-corrected chi connectivity index (χ4v) is 5.06. The van der Waals surface area contributed by atoms with Crippen LogP contribution < -0.4 is 15.4 Å². The van der Waals surface area contributed by atoms with E-state index in [0.717, 1.165) is 37.8 Å². The van der Waals surface area contributed by atoms with E-state index in [-0.39, 0.29) is 11.9 Å². The molecule has 1 aromatic carbocycles. The van der Waals surface area contributed by atoms with E-state index in [0.29, 0.717) is 17.2 Å². The van der Waals surface area contributed by atoms with Gasteiger partial charge in [0, 0.05) is 11.9 Å². The predicted octanol–water partition coefficient (Wildman–Crippen LogP) is 4.88. The molecule has 9 heteroatoms. The number of aromatic nitrogens is 3. The number of hydrogen-bond donors (Lipinski definition) is 2. The maximum absolute atomic E-state index is 13.0. The average Bonchev–Trinajstić information content (AvgIpc) is 3.36. The number of amides is 1. The molecule has 0 spiro atoms. The Morgan fingerprint density at radius 3 is 2.84 bits per heavy atom. The van der Waals surface area contributed by atoms with E-state index in [9.17, 15) is 4.79 Å². The first-order valence-electron chi connectivity index (χ1n) is 9.80. The largest absolute Gasteiger partial charge is 0.497 e. The maximum atomic E-state index is 13.0. The minimum Gasteiger partial charge on any atom is -0.497 e. The number of rotatable bonds is 7. The van der Waals surface area contributed by atoms with Crippen molar-refractivity contribution in [2.45, 2.75) is 33.4 Å². The lowest BCUT2D eigenvalue weighted by molar-refractivity contribution is 0.0943. The molecule has 0 bridgehead atoms. The number of fused-ring (bicyclic) bond motifs is 1. The Hall–Kier alpha value is -3.04. The SMILES string of the molecule is COc1cccc(CNc2ncnc3sc(C(=O)NC(C)c4csc(C)n4)c(C)c23)c1. The summed E-state index contributed by atoms with van der Waals surface area (Å²) in [7, 11) is 1.65. The van der Waals surface area contributed by atoms with Crippen LogP contribution in [0.2, 0.25) is 0 Å². The van der Waals surface area contributed by atoms with Crippen molar-refractivity contribution >= 4 is 44.6 Å². The Labute approximate surface area is 188 Å². The van der Waals surface area contributed by atoms with Crippen LogP contribution in [-0.4, -0.2) is 28.0 Å². The first-order valence-corrected chi connectivity index (χ1v) is 11.5. The van der Waals surface area contributed by atoms with Crippen LogP contribution in [0.1, 0.15) is 44.5 Å². The van der Waals surface area contributed by atoms with Crippen molar-refractivity contribution in [1.29, 1.82) is 0 Å². The van der Waals surface area contributed by atoms with Crippen LogP contribution in [0, 0.1) is 13.8 Å². The summed E-state index contributed by atoms with van der Waals surface area (Å²) in [6.07, 6.45) is 1.52. The fraction of sp³-hybridized carbons (Fsp3) is 0.273. The van der Waals surface area contributed by atoms with Gasteiger partial charge in [-0.05, 0) is 44.0 Å². The molecule has 0 aliphatic carbocycles. The van der Waals surface area contributed by atoms with E-state index in [2.05, 4.69) is 25.6 Å². The van der Waals surface area contributed by atoms with E-state index in [1.165, 1.54) is 17.7 Å². The highest BCUT2D eigenvalue weighted by atomic mass is 32.1. The van der Waals surface area contributed by atoms with Crippen molar-refractivity contribution in [1.82, 2.24) is 20.3 Å². The molecule has 4 aromatic rings. The van der Waals surface area contributed by atoms with Crippen LogP contribution in [0.25, 0.3) is 10.2 Å². The van der Waals surface area contributed by atoms with E-state index in [1.54, 1.807) is 18.4 Å². The quantitative estimate of drug-likeness (QED) is 0.415. The van der Waals surface area contributed by atoms with Gasteiger partial charge in [-0.15, -0.1) is 22.7 Å². The summed E-state index contributed by atoms with van der Waals surface area (Å²) in [5.41, 5.74) is 2.81. The van der Waals surface area contributed by atoms with Gasteiger partial charge in [0.2, 0.25) is 0 Å². The van der Waals surface area contributed by atoms with Crippen LogP contribution in [0.4, 0.5) is 5.82 Å². The van der Waals surface area contributed by atoms with Gasteiger partial charge in [-0.3, -0.25) is 4.79 Å². The van der Waals surface area contributed by atoms with Crippen LogP contribution in [0.5, 0.6) is 5.75 Å². The molecule has 7 nitrogen and oxygen atoms in total. The number of carbonyl (C=O) groups is 1. The van der Waals surface area contributed by atoms with E-state index < -0.39 is 0 Å². The van der Waals surface area contributed by atoms with Crippen molar-refractivity contribution in [3.8, 4) is 5.75 Å². The molecular weight excluding hydrogens is 430 g/mol. The first-order chi connectivity index (χ1) is 15.0. The van der Waals surface area contributed by atoms with Gasteiger partial charge >= 0.3 is 0 Å². The van der Waals surface area contributed by atoms with Gasteiger partial charge in [-0.25, -0.2) is 15.0 Å². The number of nitrogens with one attached hydrogen (secondary N) is 2. The third-order valence-electron chi connectivity index (χ3n) is 4.96. The normalized spacial score (nSPS) is 12.0. The van der Waals surface area contributed by atoms with Crippen LogP contribution in [-0.2, 0) is 6.54 Å². The standard InChI is InChI=1S/C22H23N5O2S2/c1-12-18-20(23-9-15-6-5-7-16(8-15)29-4)24-11-25-22(18)31-19(12)21(28)26-13(2)17-10-30-14(3)27-17/h5-8,10-11,13H,9H2,1-4H3,(H,26,28)(H,23,24,25). The summed E-state index contributed by atoms with van der Waals surface area (Å²) in [4.78, 5) is 27.7. The van der Waals surface area contributed by atoms with Gasteiger partial charge in [-0.1, -0.05) is 12.1 Å². The summed E-state index contributed by atoms with van der Waals surface area (Å²) in [6.45, 7) is 6.42. The summed E-state index contributed by atoms with van der Waals surface area (Å²) >= 11 is 2.95. The zero-order valence-corrected chi connectivity index (χ0v) is 19.4. The third kappa shape index (κ3) is 4.52. The minimum atomic E-state index is -0.168. The Kier molecular flexibility index (Phi) is 6.15. The second-order valence-electron chi connectivity index (χ2n) is 7.15. The fourth-order valence-electron chi connectivity index (χ4n) is 3.31. The molecule has 4 rings (SSSR count). The number of benzene rings is 1. The number of aryl methyl sites for hydroxylation is 2. The van der Waals surface area contributed by atoms with Gasteiger partial charge < -0.3 is 15.4 Å². The van der Waals surface area contributed by atoms with Crippen molar-refractivity contribution in [3.05, 3.63) is 62.7 Å². The lowest BCUT2D eigenvalue weighted by Crippen LogP contribution is -2.26. The Bertz CT molecular complexity index is 1230. The lowest BCUT2D eigenvalue weighted by atomic mass is 10.1. The summed E-state index contributed by atoms with van der Waals surface area (Å²) in [5.74, 6) is 1.39. The minimum absolute atomic E-state index is 0.127.